The first kappa shape index (κ1) is 12.8. The molecule has 0 atom stereocenters. The van der Waals surface area contributed by atoms with Crippen molar-refractivity contribution in [3.8, 4) is 0 Å². The fourth-order valence-corrected chi connectivity index (χ4v) is 2.98. The summed E-state index contributed by atoms with van der Waals surface area (Å²) in [4.78, 5) is 1.58. The summed E-state index contributed by atoms with van der Waals surface area (Å²) in [6, 6.07) is 2.32. The molecule has 0 nitrogen and oxygen atoms in total. The van der Waals surface area contributed by atoms with E-state index in [9.17, 15) is 0 Å². The van der Waals surface area contributed by atoms with E-state index in [4.69, 9.17) is 0 Å². The van der Waals surface area contributed by atoms with Crippen LogP contribution in [0.3, 0.4) is 0 Å². The van der Waals surface area contributed by atoms with E-state index >= 15 is 0 Å². The fraction of sp³-hybridized carbons (Fsp3) is 0.714. The lowest BCUT2D eigenvalue weighted by molar-refractivity contribution is 0.590. The lowest BCUT2D eigenvalue weighted by Crippen LogP contribution is -2.11. The minimum absolute atomic E-state index is 0.328. The number of hydrogen-bond acceptors (Lipinski definition) is 1. The van der Waals surface area contributed by atoms with Crippen molar-refractivity contribution >= 4 is 11.3 Å². The van der Waals surface area contributed by atoms with Crippen molar-refractivity contribution < 1.29 is 0 Å². The smallest absolute Gasteiger partial charge is 0.0131 e. The molecule has 0 spiro atoms. The van der Waals surface area contributed by atoms with E-state index in [-0.39, 0.29) is 0 Å². The van der Waals surface area contributed by atoms with E-state index in [1.54, 1.807) is 10.4 Å². The zero-order valence-electron chi connectivity index (χ0n) is 10.6. The third-order valence-electron chi connectivity index (χ3n) is 2.73. The molecule has 86 valence electrons. The van der Waals surface area contributed by atoms with E-state index in [0.717, 1.165) is 0 Å². The second kappa shape index (κ2) is 5.69. The maximum absolute atomic E-state index is 2.32. The molecule has 0 fully saturated rings. The second-order valence-electron chi connectivity index (χ2n) is 5.34. The monoisotopic (exact) mass is 224 g/mol. The van der Waals surface area contributed by atoms with Gasteiger partial charge in [0.05, 0.1) is 0 Å². The molecule has 0 aliphatic heterocycles. The third kappa shape index (κ3) is 3.98. The lowest BCUT2D eigenvalue weighted by atomic mass is 9.90. The van der Waals surface area contributed by atoms with Gasteiger partial charge in [0, 0.05) is 4.88 Å². The molecule has 0 aromatic carbocycles. The Kier molecular flexibility index (Phi) is 4.85. The first-order chi connectivity index (χ1) is 7.05. The molecule has 0 saturated heterocycles. The van der Waals surface area contributed by atoms with Crippen LogP contribution >= 0.6 is 11.3 Å². The Morgan fingerprint density at radius 2 is 1.87 bits per heavy atom. The highest BCUT2D eigenvalue weighted by atomic mass is 32.1. The van der Waals surface area contributed by atoms with E-state index in [1.165, 1.54) is 32.1 Å². The Balaban J connectivity index is 2.51. The summed E-state index contributed by atoms with van der Waals surface area (Å²) in [6.07, 6.45) is 6.73. The first-order valence-electron chi connectivity index (χ1n) is 6.12. The number of aryl methyl sites for hydroxylation is 1. The Bertz CT molecular complexity index is 278. The zero-order chi connectivity index (χ0) is 11.3. The van der Waals surface area contributed by atoms with Crippen LogP contribution in [0.1, 0.15) is 63.8 Å². The molecule has 0 bridgehead atoms. The number of hydrogen-bond donors (Lipinski definition) is 0. The van der Waals surface area contributed by atoms with Gasteiger partial charge >= 0.3 is 0 Å². The highest BCUT2D eigenvalue weighted by molar-refractivity contribution is 7.10. The van der Waals surface area contributed by atoms with Crippen molar-refractivity contribution in [2.75, 3.05) is 0 Å². The average Bonchev–Trinajstić information content (AvgIpc) is 2.59. The number of rotatable bonds is 5. The Hall–Kier alpha value is -0.300. The first-order valence-corrected chi connectivity index (χ1v) is 7.00. The Morgan fingerprint density at radius 3 is 2.47 bits per heavy atom. The zero-order valence-corrected chi connectivity index (χ0v) is 11.4. The minimum Gasteiger partial charge on any atom is -0.148 e. The topological polar surface area (TPSA) is 0 Å². The van der Waals surface area contributed by atoms with Crippen LogP contribution in [0, 0.1) is 0 Å². The summed E-state index contributed by atoms with van der Waals surface area (Å²) in [5, 5.41) is 2.25. The molecule has 1 aromatic rings. The van der Waals surface area contributed by atoms with Crippen LogP contribution in [-0.2, 0) is 11.8 Å². The van der Waals surface area contributed by atoms with Crippen molar-refractivity contribution in [2.45, 2.75) is 65.2 Å². The summed E-state index contributed by atoms with van der Waals surface area (Å²) in [6.45, 7) is 9.21. The van der Waals surface area contributed by atoms with Crippen LogP contribution < -0.4 is 0 Å². The summed E-state index contributed by atoms with van der Waals surface area (Å²) in [5.41, 5.74) is 1.91. The van der Waals surface area contributed by atoms with E-state index in [0.29, 0.717) is 5.41 Å². The molecule has 0 aliphatic carbocycles. The molecule has 1 heterocycles. The minimum atomic E-state index is 0.328. The van der Waals surface area contributed by atoms with Crippen molar-refractivity contribution in [1.29, 1.82) is 0 Å². The summed E-state index contributed by atoms with van der Waals surface area (Å²) < 4.78 is 0. The second-order valence-corrected chi connectivity index (χ2v) is 6.25. The third-order valence-corrected chi connectivity index (χ3v) is 4.11. The molecule has 0 N–H and O–H groups in total. The molecular weight excluding hydrogens is 200 g/mol. The quantitative estimate of drug-likeness (QED) is 0.605. The van der Waals surface area contributed by atoms with E-state index in [1.807, 2.05) is 11.3 Å². The molecule has 1 aromatic heterocycles. The Morgan fingerprint density at radius 1 is 1.13 bits per heavy atom. The van der Waals surface area contributed by atoms with Crippen LogP contribution in [0.5, 0.6) is 0 Å². The van der Waals surface area contributed by atoms with Gasteiger partial charge in [0.25, 0.3) is 0 Å². The highest BCUT2D eigenvalue weighted by Crippen LogP contribution is 2.31. The van der Waals surface area contributed by atoms with Gasteiger partial charge in [-0.2, -0.15) is 0 Å². The van der Waals surface area contributed by atoms with Crippen molar-refractivity contribution in [2.24, 2.45) is 0 Å². The molecule has 0 unspecified atom stereocenters. The van der Waals surface area contributed by atoms with Gasteiger partial charge in [-0.05, 0) is 35.3 Å². The Labute approximate surface area is 98.7 Å². The predicted octanol–water partition coefficient (Wildman–Crippen LogP) is 5.17. The molecule has 0 amide bonds. The summed E-state index contributed by atoms with van der Waals surface area (Å²) >= 11 is 1.92. The maximum Gasteiger partial charge on any atom is 0.0131 e. The maximum atomic E-state index is 2.32. The van der Waals surface area contributed by atoms with Crippen molar-refractivity contribution in [1.82, 2.24) is 0 Å². The normalized spacial score (nSPS) is 12.0. The van der Waals surface area contributed by atoms with E-state index < -0.39 is 0 Å². The van der Waals surface area contributed by atoms with Crippen LogP contribution in [0.25, 0.3) is 0 Å². The van der Waals surface area contributed by atoms with Gasteiger partial charge in [-0.1, -0.05) is 47.0 Å². The standard InChI is InChI=1S/C14H24S/c1-5-6-7-8-9-12-10-11-15-13(12)14(2,3)4/h10-11H,5-9H2,1-4H3. The predicted molar refractivity (Wildman–Crippen MR) is 70.9 cm³/mol. The van der Waals surface area contributed by atoms with Gasteiger partial charge < -0.3 is 0 Å². The molecule has 0 aliphatic rings. The summed E-state index contributed by atoms with van der Waals surface area (Å²) in [5.74, 6) is 0. The van der Waals surface area contributed by atoms with Gasteiger partial charge in [-0.3, -0.25) is 0 Å². The van der Waals surface area contributed by atoms with Crippen LogP contribution in [0.15, 0.2) is 11.4 Å². The van der Waals surface area contributed by atoms with Crippen molar-refractivity contribution in [3.05, 3.63) is 21.9 Å². The fourth-order valence-electron chi connectivity index (χ4n) is 1.93. The van der Waals surface area contributed by atoms with Gasteiger partial charge in [-0.25, -0.2) is 0 Å². The molecule has 1 rings (SSSR count). The van der Waals surface area contributed by atoms with Crippen molar-refractivity contribution in [3.63, 3.8) is 0 Å². The average molecular weight is 224 g/mol. The molecular formula is C14H24S. The van der Waals surface area contributed by atoms with Crippen LogP contribution in [0.2, 0.25) is 0 Å². The molecule has 0 radical (unpaired) electrons. The van der Waals surface area contributed by atoms with Gasteiger partial charge in [0.1, 0.15) is 0 Å². The SMILES string of the molecule is CCCCCCc1ccsc1C(C)(C)C. The lowest BCUT2D eigenvalue weighted by Gasteiger charge is -2.18. The van der Waals surface area contributed by atoms with E-state index in [2.05, 4.69) is 39.1 Å². The largest absolute Gasteiger partial charge is 0.148 e. The summed E-state index contributed by atoms with van der Waals surface area (Å²) in [7, 11) is 0. The van der Waals surface area contributed by atoms with Crippen LogP contribution in [0.4, 0.5) is 0 Å². The molecule has 15 heavy (non-hydrogen) atoms. The highest BCUT2D eigenvalue weighted by Gasteiger charge is 2.18. The van der Waals surface area contributed by atoms with Gasteiger partial charge in [-0.15, -0.1) is 11.3 Å². The number of thiophene rings is 1. The van der Waals surface area contributed by atoms with Gasteiger partial charge in [0.15, 0.2) is 0 Å². The van der Waals surface area contributed by atoms with Crippen LogP contribution in [-0.4, -0.2) is 0 Å². The molecule has 1 heteroatoms. The number of unbranched alkanes of at least 4 members (excludes halogenated alkanes) is 3. The molecule has 0 saturated carbocycles. The van der Waals surface area contributed by atoms with Gasteiger partial charge in [0.2, 0.25) is 0 Å².